The van der Waals surface area contributed by atoms with Gasteiger partial charge in [0, 0.05) is 29.3 Å². The van der Waals surface area contributed by atoms with Gasteiger partial charge in [-0.15, -0.1) is 0 Å². The van der Waals surface area contributed by atoms with Crippen molar-refractivity contribution in [3.63, 3.8) is 0 Å². The molecule has 2 aromatic heterocycles. The SMILES string of the molecule is Cc1ccc(COc2ccc3c(c2)CC2C(C(=O)O)C32)cc1-c1cnc2[nH]ccc2c1. The number of aliphatic carboxylic acids is 1. The molecule has 1 fully saturated rings. The van der Waals surface area contributed by atoms with Gasteiger partial charge in [0.25, 0.3) is 0 Å². The number of carbonyl (C=O) groups is 1. The summed E-state index contributed by atoms with van der Waals surface area (Å²) in [7, 11) is 0. The number of aryl methyl sites for hydroxylation is 1. The van der Waals surface area contributed by atoms with Crippen LogP contribution >= 0.6 is 0 Å². The second-order valence-corrected chi connectivity index (χ2v) is 8.70. The van der Waals surface area contributed by atoms with Gasteiger partial charge in [0.05, 0.1) is 5.92 Å². The van der Waals surface area contributed by atoms with E-state index in [2.05, 4.69) is 53.3 Å². The molecule has 0 aliphatic heterocycles. The van der Waals surface area contributed by atoms with Crippen molar-refractivity contribution in [1.29, 1.82) is 0 Å². The average Bonchev–Trinajstić information content (AvgIpc) is 3.11. The van der Waals surface area contributed by atoms with Gasteiger partial charge in [0.2, 0.25) is 0 Å². The van der Waals surface area contributed by atoms with Crippen molar-refractivity contribution in [2.75, 3.05) is 0 Å². The van der Waals surface area contributed by atoms with E-state index in [-0.39, 0.29) is 17.8 Å². The summed E-state index contributed by atoms with van der Waals surface area (Å²) in [4.78, 5) is 18.9. The van der Waals surface area contributed by atoms with Crippen LogP contribution in [0.3, 0.4) is 0 Å². The molecule has 2 N–H and O–H groups in total. The third-order valence-electron chi connectivity index (χ3n) is 6.80. The number of H-pyrrole nitrogens is 1. The van der Waals surface area contributed by atoms with Gasteiger partial charge < -0.3 is 14.8 Å². The molecule has 4 aromatic rings. The predicted molar refractivity (Wildman–Crippen MR) is 118 cm³/mol. The van der Waals surface area contributed by atoms with Crippen LogP contribution in [0.5, 0.6) is 5.75 Å². The maximum Gasteiger partial charge on any atom is 0.307 e. The minimum absolute atomic E-state index is 0.190. The normalized spacial score (nSPS) is 21.0. The molecular weight excluding hydrogens is 388 g/mol. The van der Waals surface area contributed by atoms with E-state index in [1.54, 1.807) is 0 Å². The molecular formula is C26H22N2O3. The van der Waals surface area contributed by atoms with Crippen LogP contribution in [0.2, 0.25) is 0 Å². The molecule has 2 aliphatic carbocycles. The van der Waals surface area contributed by atoms with Crippen LogP contribution in [0.1, 0.15) is 28.2 Å². The van der Waals surface area contributed by atoms with Crippen molar-refractivity contribution in [2.24, 2.45) is 11.8 Å². The Morgan fingerprint density at radius 1 is 1.19 bits per heavy atom. The van der Waals surface area contributed by atoms with E-state index in [1.165, 1.54) is 16.7 Å². The van der Waals surface area contributed by atoms with Gasteiger partial charge in [-0.2, -0.15) is 0 Å². The summed E-state index contributed by atoms with van der Waals surface area (Å²) in [6.45, 7) is 2.59. The smallest absolute Gasteiger partial charge is 0.307 e. The number of ether oxygens (including phenoxy) is 1. The summed E-state index contributed by atoms with van der Waals surface area (Å²) < 4.78 is 6.09. The maximum absolute atomic E-state index is 11.3. The average molecular weight is 410 g/mol. The summed E-state index contributed by atoms with van der Waals surface area (Å²) in [6.07, 6.45) is 4.65. The number of aromatic amines is 1. The highest BCUT2D eigenvalue weighted by Gasteiger charge is 2.59. The molecule has 2 aromatic carbocycles. The molecule has 31 heavy (non-hydrogen) atoms. The number of hydrogen-bond donors (Lipinski definition) is 2. The van der Waals surface area contributed by atoms with Crippen LogP contribution in [0, 0.1) is 18.8 Å². The van der Waals surface area contributed by atoms with Crippen molar-refractivity contribution in [1.82, 2.24) is 9.97 Å². The zero-order valence-corrected chi connectivity index (χ0v) is 17.1. The minimum Gasteiger partial charge on any atom is -0.489 e. The van der Waals surface area contributed by atoms with Crippen molar-refractivity contribution in [2.45, 2.75) is 25.9 Å². The Kier molecular flexibility index (Phi) is 3.93. The highest BCUT2D eigenvalue weighted by molar-refractivity contribution is 5.82. The molecule has 6 rings (SSSR count). The van der Waals surface area contributed by atoms with E-state index in [1.807, 2.05) is 24.5 Å². The molecule has 0 amide bonds. The lowest BCUT2D eigenvalue weighted by atomic mass is 9.99. The van der Waals surface area contributed by atoms with Crippen molar-refractivity contribution >= 4 is 17.0 Å². The largest absolute Gasteiger partial charge is 0.489 e. The van der Waals surface area contributed by atoms with Crippen molar-refractivity contribution < 1.29 is 14.6 Å². The molecule has 2 aliphatic rings. The predicted octanol–water partition coefficient (Wildman–Crippen LogP) is 5.09. The maximum atomic E-state index is 11.3. The molecule has 3 unspecified atom stereocenters. The molecule has 1 saturated carbocycles. The molecule has 0 spiro atoms. The highest BCUT2D eigenvalue weighted by Crippen LogP contribution is 2.61. The van der Waals surface area contributed by atoms with Gasteiger partial charge >= 0.3 is 5.97 Å². The molecule has 154 valence electrons. The first-order valence-electron chi connectivity index (χ1n) is 10.6. The lowest BCUT2D eigenvalue weighted by Crippen LogP contribution is -2.05. The number of pyridine rings is 1. The number of carboxylic acid groups (broad SMARTS) is 1. The second kappa shape index (κ2) is 6.71. The van der Waals surface area contributed by atoms with Crippen LogP contribution in [0.15, 0.2) is 60.9 Å². The lowest BCUT2D eigenvalue weighted by molar-refractivity contribution is -0.139. The zero-order chi connectivity index (χ0) is 21.1. The van der Waals surface area contributed by atoms with Gasteiger partial charge in [0.1, 0.15) is 18.0 Å². The van der Waals surface area contributed by atoms with Gasteiger partial charge in [-0.25, -0.2) is 4.98 Å². The fourth-order valence-corrected chi connectivity index (χ4v) is 5.14. The van der Waals surface area contributed by atoms with Gasteiger partial charge in [-0.3, -0.25) is 4.79 Å². The molecule has 2 heterocycles. The number of carboxylic acids is 1. The van der Waals surface area contributed by atoms with E-state index in [4.69, 9.17) is 4.74 Å². The van der Waals surface area contributed by atoms with Crippen LogP contribution in [0.25, 0.3) is 22.2 Å². The standard InChI is InChI=1S/C26H22N2O3/c1-14-2-3-15(8-21(14)18-9-16-6-7-27-25(16)28-12-18)13-31-19-4-5-20-17(10-19)11-22-23(20)24(22)26(29)30/h2-10,12,22-24H,11,13H2,1H3,(H,27,28)(H,29,30). The number of aromatic nitrogens is 2. The Morgan fingerprint density at radius 2 is 2.10 bits per heavy atom. The topological polar surface area (TPSA) is 75.2 Å². The summed E-state index contributed by atoms with van der Waals surface area (Å²) in [6, 6.07) is 16.7. The number of hydrogen-bond acceptors (Lipinski definition) is 3. The van der Waals surface area contributed by atoms with E-state index in [0.29, 0.717) is 6.61 Å². The molecule has 0 saturated heterocycles. The van der Waals surface area contributed by atoms with Crippen LogP contribution in [0.4, 0.5) is 0 Å². The molecule has 0 radical (unpaired) electrons. The number of fused-ring (bicyclic) bond motifs is 4. The Hall–Kier alpha value is -3.60. The summed E-state index contributed by atoms with van der Waals surface area (Å²) >= 11 is 0. The molecule has 0 bridgehead atoms. The first kappa shape index (κ1) is 18.2. The van der Waals surface area contributed by atoms with Gasteiger partial charge in [-0.1, -0.05) is 18.2 Å². The van der Waals surface area contributed by atoms with E-state index < -0.39 is 5.97 Å². The number of nitrogens with zero attached hydrogens (tertiary/aromatic N) is 1. The fraction of sp³-hybridized carbons (Fsp3) is 0.231. The Labute approximate surface area is 179 Å². The zero-order valence-electron chi connectivity index (χ0n) is 17.1. The van der Waals surface area contributed by atoms with Crippen LogP contribution < -0.4 is 4.74 Å². The van der Waals surface area contributed by atoms with Crippen molar-refractivity contribution in [3.8, 4) is 16.9 Å². The van der Waals surface area contributed by atoms with E-state index >= 15 is 0 Å². The first-order valence-corrected chi connectivity index (χ1v) is 10.6. The van der Waals surface area contributed by atoms with E-state index in [9.17, 15) is 9.90 Å². The molecule has 3 atom stereocenters. The quantitative estimate of drug-likeness (QED) is 0.481. The monoisotopic (exact) mass is 410 g/mol. The summed E-state index contributed by atoms with van der Waals surface area (Å²) in [5, 5.41) is 10.4. The molecule has 5 nitrogen and oxygen atoms in total. The van der Waals surface area contributed by atoms with E-state index in [0.717, 1.165) is 39.9 Å². The number of benzene rings is 2. The van der Waals surface area contributed by atoms with Gasteiger partial charge in [-0.05, 0) is 77.4 Å². The highest BCUT2D eigenvalue weighted by atomic mass is 16.5. The van der Waals surface area contributed by atoms with Crippen molar-refractivity contribution in [3.05, 3.63) is 83.2 Å². The number of rotatable bonds is 5. The lowest BCUT2D eigenvalue weighted by Gasteiger charge is -2.12. The van der Waals surface area contributed by atoms with Gasteiger partial charge in [0.15, 0.2) is 0 Å². The Morgan fingerprint density at radius 3 is 2.97 bits per heavy atom. The number of nitrogens with one attached hydrogen (secondary N) is 1. The first-order chi connectivity index (χ1) is 15.1. The van der Waals surface area contributed by atoms with Crippen LogP contribution in [-0.2, 0) is 17.8 Å². The van der Waals surface area contributed by atoms with Crippen LogP contribution in [-0.4, -0.2) is 21.0 Å². The third kappa shape index (κ3) is 3.00. The fourth-order valence-electron chi connectivity index (χ4n) is 5.14. The Bertz CT molecular complexity index is 1340. The third-order valence-corrected chi connectivity index (χ3v) is 6.80. The minimum atomic E-state index is -0.665. The second-order valence-electron chi connectivity index (χ2n) is 8.70. The summed E-state index contributed by atoms with van der Waals surface area (Å²) in [5.41, 5.74) is 7.87. The summed E-state index contributed by atoms with van der Waals surface area (Å²) in [5.74, 6) is 0.456. The molecule has 5 heteroatoms. The Balaban J connectivity index is 1.20.